The fourth-order valence-electron chi connectivity index (χ4n) is 1.76. The van der Waals surface area contributed by atoms with Gasteiger partial charge in [-0.2, -0.15) is 0 Å². The van der Waals surface area contributed by atoms with Crippen LogP contribution in [0, 0.1) is 0 Å². The smallest absolute Gasteiger partial charge is 0.252 e. The predicted octanol–water partition coefficient (Wildman–Crippen LogP) is 0.457. The van der Waals surface area contributed by atoms with Crippen molar-refractivity contribution in [3.05, 3.63) is 28.8 Å². The van der Waals surface area contributed by atoms with Crippen LogP contribution in [-0.4, -0.2) is 23.8 Å². The van der Waals surface area contributed by atoms with E-state index in [1.807, 2.05) is 0 Å². The van der Waals surface area contributed by atoms with Gasteiger partial charge >= 0.3 is 0 Å². The first kappa shape index (κ1) is 13.4. The van der Waals surface area contributed by atoms with Crippen LogP contribution in [0.25, 0.3) is 0 Å². The monoisotopic (exact) mass is 281 g/mol. The molecule has 0 spiro atoms. The standard InChI is InChI=1S/C12H12ClN3O3/c13-7-2-1-6(5-8(7)14)11(18)15-9-3-4-10(17)16-12(9)19/h1-2,5,9H,3-4,14H2,(H,15,18)(H,16,17,19). The van der Waals surface area contributed by atoms with E-state index in [2.05, 4.69) is 10.6 Å². The van der Waals surface area contributed by atoms with Crippen LogP contribution in [0.4, 0.5) is 5.69 Å². The minimum absolute atomic E-state index is 0.208. The van der Waals surface area contributed by atoms with Crippen molar-refractivity contribution in [3.63, 3.8) is 0 Å². The molecule has 1 fully saturated rings. The summed E-state index contributed by atoms with van der Waals surface area (Å²) in [6.45, 7) is 0. The summed E-state index contributed by atoms with van der Waals surface area (Å²) in [6, 6.07) is 3.75. The molecular formula is C12H12ClN3O3. The summed E-state index contributed by atoms with van der Waals surface area (Å²) < 4.78 is 0. The average molecular weight is 282 g/mol. The molecule has 19 heavy (non-hydrogen) atoms. The van der Waals surface area contributed by atoms with Gasteiger partial charge < -0.3 is 11.1 Å². The number of hydrogen-bond donors (Lipinski definition) is 3. The lowest BCUT2D eigenvalue weighted by molar-refractivity contribution is -0.134. The molecular weight excluding hydrogens is 270 g/mol. The molecule has 1 aliphatic heterocycles. The predicted molar refractivity (Wildman–Crippen MR) is 69.5 cm³/mol. The number of nitrogens with two attached hydrogens (primary N) is 1. The fourth-order valence-corrected chi connectivity index (χ4v) is 1.88. The number of rotatable bonds is 2. The SMILES string of the molecule is Nc1cc(C(=O)NC2CCC(=O)NC2=O)ccc1Cl. The highest BCUT2D eigenvalue weighted by molar-refractivity contribution is 6.33. The molecule has 0 bridgehead atoms. The zero-order valence-electron chi connectivity index (χ0n) is 9.90. The summed E-state index contributed by atoms with van der Waals surface area (Å²) in [5, 5.41) is 5.08. The van der Waals surface area contributed by atoms with E-state index in [-0.39, 0.29) is 18.0 Å². The summed E-state index contributed by atoms with van der Waals surface area (Å²) in [5.41, 5.74) is 6.20. The summed E-state index contributed by atoms with van der Waals surface area (Å²) in [7, 11) is 0. The molecule has 6 nitrogen and oxygen atoms in total. The van der Waals surface area contributed by atoms with Crippen molar-refractivity contribution in [2.75, 3.05) is 5.73 Å². The van der Waals surface area contributed by atoms with Crippen molar-refractivity contribution in [3.8, 4) is 0 Å². The minimum atomic E-state index is -0.706. The van der Waals surface area contributed by atoms with Gasteiger partial charge in [-0.15, -0.1) is 0 Å². The van der Waals surface area contributed by atoms with Crippen molar-refractivity contribution in [2.24, 2.45) is 0 Å². The number of nitrogen functional groups attached to an aromatic ring is 1. The Morgan fingerprint density at radius 1 is 1.42 bits per heavy atom. The van der Waals surface area contributed by atoms with Crippen molar-refractivity contribution >= 4 is 35.0 Å². The Hall–Kier alpha value is -2.08. The lowest BCUT2D eigenvalue weighted by atomic mass is 10.1. The van der Waals surface area contributed by atoms with E-state index < -0.39 is 17.9 Å². The summed E-state index contributed by atoms with van der Waals surface area (Å²) in [4.78, 5) is 34.4. The molecule has 1 heterocycles. The van der Waals surface area contributed by atoms with Gasteiger partial charge in [-0.05, 0) is 24.6 Å². The van der Waals surface area contributed by atoms with Crippen LogP contribution in [0.5, 0.6) is 0 Å². The highest BCUT2D eigenvalue weighted by atomic mass is 35.5. The Bertz CT molecular complexity index is 559. The van der Waals surface area contributed by atoms with Gasteiger partial charge in [-0.25, -0.2) is 0 Å². The quantitative estimate of drug-likeness (QED) is 0.541. The second kappa shape index (κ2) is 5.27. The van der Waals surface area contributed by atoms with E-state index in [4.69, 9.17) is 17.3 Å². The lowest BCUT2D eigenvalue weighted by Crippen LogP contribution is -2.52. The number of amides is 3. The molecule has 1 aromatic rings. The van der Waals surface area contributed by atoms with Gasteiger partial charge in [0.25, 0.3) is 5.91 Å². The number of benzene rings is 1. The third-order valence-corrected chi connectivity index (χ3v) is 3.15. The van der Waals surface area contributed by atoms with E-state index in [0.29, 0.717) is 17.0 Å². The first-order chi connectivity index (χ1) is 8.97. The molecule has 1 aliphatic rings. The second-order valence-electron chi connectivity index (χ2n) is 4.21. The van der Waals surface area contributed by atoms with Crippen LogP contribution in [0.1, 0.15) is 23.2 Å². The van der Waals surface area contributed by atoms with Gasteiger partial charge in [-0.3, -0.25) is 19.7 Å². The Balaban J connectivity index is 2.06. The molecule has 1 atom stereocenters. The number of hydrogen-bond acceptors (Lipinski definition) is 4. The van der Waals surface area contributed by atoms with Gasteiger partial charge in [0.1, 0.15) is 6.04 Å². The van der Waals surface area contributed by atoms with E-state index in [1.54, 1.807) is 0 Å². The molecule has 7 heteroatoms. The van der Waals surface area contributed by atoms with Crippen molar-refractivity contribution in [1.82, 2.24) is 10.6 Å². The van der Waals surface area contributed by atoms with Gasteiger partial charge in [-0.1, -0.05) is 11.6 Å². The summed E-state index contributed by atoms with van der Waals surface area (Å²) in [5.74, 6) is -1.25. The van der Waals surface area contributed by atoms with E-state index in [0.717, 1.165) is 0 Å². The largest absolute Gasteiger partial charge is 0.398 e. The second-order valence-corrected chi connectivity index (χ2v) is 4.62. The van der Waals surface area contributed by atoms with Crippen LogP contribution in [0.2, 0.25) is 5.02 Å². The Kier molecular flexibility index (Phi) is 3.71. The zero-order chi connectivity index (χ0) is 14.0. The van der Waals surface area contributed by atoms with Gasteiger partial charge in [0, 0.05) is 12.0 Å². The maximum atomic E-state index is 11.9. The number of anilines is 1. The van der Waals surface area contributed by atoms with E-state index in [1.165, 1.54) is 18.2 Å². The molecule has 1 aromatic carbocycles. The number of carbonyl (C=O) groups is 3. The van der Waals surface area contributed by atoms with Crippen molar-refractivity contribution < 1.29 is 14.4 Å². The summed E-state index contributed by atoms with van der Waals surface area (Å²) >= 11 is 5.76. The molecule has 1 saturated heterocycles. The van der Waals surface area contributed by atoms with Crippen molar-refractivity contribution in [2.45, 2.75) is 18.9 Å². The molecule has 1 unspecified atom stereocenters. The molecule has 3 amide bonds. The Labute approximate surface area is 114 Å². The van der Waals surface area contributed by atoms with Crippen LogP contribution >= 0.6 is 11.6 Å². The number of halogens is 1. The van der Waals surface area contributed by atoms with Crippen LogP contribution < -0.4 is 16.4 Å². The van der Waals surface area contributed by atoms with E-state index in [9.17, 15) is 14.4 Å². The summed E-state index contributed by atoms with van der Waals surface area (Å²) in [6.07, 6.45) is 0.499. The Morgan fingerprint density at radius 3 is 2.79 bits per heavy atom. The third-order valence-electron chi connectivity index (χ3n) is 2.80. The van der Waals surface area contributed by atoms with Crippen LogP contribution in [0.3, 0.4) is 0 Å². The number of carbonyl (C=O) groups excluding carboxylic acids is 3. The first-order valence-corrected chi connectivity index (χ1v) is 6.05. The lowest BCUT2D eigenvalue weighted by Gasteiger charge is -2.21. The molecule has 0 radical (unpaired) electrons. The first-order valence-electron chi connectivity index (χ1n) is 5.67. The highest BCUT2D eigenvalue weighted by Gasteiger charge is 2.28. The molecule has 0 saturated carbocycles. The van der Waals surface area contributed by atoms with E-state index >= 15 is 0 Å². The molecule has 2 rings (SSSR count). The highest BCUT2D eigenvalue weighted by Crippen LogP contribution is 2.19. The Morgan fingerprint density at radius 2 is 2.16 bits per heavy atom. The molecule has 100 valence electrons. The molecule has 0 aromatic heterocycles. The van der Waals surface area contributed by atoms with Gasteiger partial charge in [0.2, 0.25) is 11.8 Å². The topological polar surface area (TPSA) is 101 Å². The maximum absolute atomic E-state index is 11.9. The number of imide groups is 1. The van der Waals surface area contributed by atoms with Crippen molar-refractivity contribution in [1.29, 1.82) is 0 Å². The third kappa shape index (κ3) is 3.03. The average Bonchev–Trinajstić information content (AvgIpc) is 2.36. The molecule has 0 aliphatic carbocycles. The van der Waals surface area contributed by atoms with Crippen LogP contribution in [-0.2, 0) is 9.59 Å². The molecule has 4 N–H and O–H groups in total. The van der Waals surface area contributed by atoms with Gasteiger partial charge in [0.15, 0.2) is 0 Å². The fraction of sp³-hybridized carbons (Fsp3) is 0.250. The number of nitrogens with one attached hydrogen (secondary N) is 2. The minimum Gasteiger partial charge on any atom is -0.398 e. The maximum Gasteiger partial charge on any atom is 0.252 e. The van der Waals surface area contributed by atoms with Crippen LogP contribution in [0.15, 0.2) is 18.2 Å². The van der Waals surface area contributed by atoms with Gasteiger partial charge in [0.05, 0.1) is 10.7 Å². The number of piperidine rings is 1. The zero-order valence-corrected chi connectivity index (χ0v) is 10.7. The normalized spacial score (nSPS) is 18.9.